The monoisotopic (exact) mass is 781 g/mol. The molecule has 0 bridgehead atoms. The molecule has 0 radical (unpaired) electrons. The van der Waals surface area contributed by atoms with Crippen molar-refractivity contribution in [3.63, 3.8) is 0 Å². The van der Waals surface area contributed by atoms with Crippen molar-refractivity contribution in [2.75, 3.05) is 4.90 Å². The molecule has 0 unspecified atom stereocenters. The first-order valence-corrected chi connectivity index (χ1v) is 21.3. The van der Waals surface area contributed by atoms with Crippen LogP contribution in [0.2, 0.25) is 0 Å². The molecule has 2 heteroatoms. The maximum Gasteiger partial charge on any atom is 0.0640 e. The normalized spacial score (nSPS) is 11.3. The van der Waals surface area contributed by atoms with E-state index in [0.717, 1.165) is 17.1 Å². The van der Waals surface area contributed by atoms with E-state index in [9.17, 15) is 0 Å². The van der Waals surface area contributed by atoms with Crippen LogP contribution in [0, 0.1) is 0 Å². The number of hydrogen-bond donors (Lipinski definition) is 0. The van der Waals surface area contributed by atoms with Gasteiger partial charge < -0.3 is 4.90 Å². The zero-order chi connectivity index (χ0) is 39.8. The molecule has 0 aliphatic rings. The Bertz CT molecular complexity index is 3260. The molecule has 0 atom stereocenters. The van der Waals surface area contributed by atoms with Crippen LogP contribution < -0.4 is 4.90 Å². The molecule has 0 saturated carbocycles. The zero-order valence-corrected chi connectivity index (χ0v) is 33.7. The Morgan fingerprint density at radius 3 is 1.38 bits per heavy atom. The van der Waals surface area contributed by atoms with Crippen LogP contribution in [0.25, 0.3) is 86.6 Å². The summed E-state index contributed by atoms with van der Waals surface area (Å²) in [6.07, 6.45) is 0. The van der Waals surface area contributed by atoms with E-state index in [-0.39, 0.29) is 0 Å². The van der Waals surface area contributed by atoms with Crippen LogP contribution in [0.15, 0.2) is 237 Å². The first-order valence-electron chi connectivity index (χ1n) is 20.5. The van der Waals surface area contributed by atoms with E-state index >= 15 is 0 Å². The van der Waals surface area contributed by atoms with Crippen LogP contribution in [0.5, 0.6) is 0 Å². The van der Waals surface area contributed by atoms with E-state index in [2.05, 4.69) is 241 Å². The third kappa shape index (κ3) is 6.44. The van der Waals surface area contributed by atoms with Crippen LogP contribution in [0.1, 0.15) is 0 Å². The Hall–Kier alpha value is -7.52. The molecular weight excluding hydrogens is 743 g/mol. The predicted octanol–water partition coefficient (Wildman–Crippen LogP) is 17.0. The highest BCUT2D eigenvalue weighted by atomic mass is 32.1. The molecule has 0 aliphatic heterocycles. The number of hydrogen-bond acceptors (Lipinski definition) is 2. The van der Waals surface area contributed by atoms with E-state index in [0.29, 0.717) is 0 Å². The Morgan fingerprint density at radius 2 is 0.767 bits per heavy atom. The molecule has 0 aliphatic carbocycles. The molecule has 1 heterocycles. The summed E-state index contributed by atoms with van der Waals surface area (Å²) in [6.45, 7) is 0. The van der Waals surface area contributed by atoms with Crippen LogP contribution in [-0.4, -0.2) is 0 Å². The van der Waals surface area contributed by atoms with Gasteiger partial charge in [0.15, 0.2) is 0 Å². The second kappa shape index (κ2) is 15.3. The third-order valence-electron chi connectivity index (χ3n) is 11.7. The van der Waals surface area contributed by atoms with Gasteiger partial charge in [-0.3, -0.25) is 0 Å². The molecule has 10 aromatic carbocycles. The minimum atomic E-state index is 1.10. The average Bonchev–Trinajstić information content (AvgIpc) is 3.73. The highest BCUT2D eigenvalue weighted by Crippen LogP contribution is 2.50. The van der Waals surface area contributed by atoms with Crippen molar-refractivity contribution >= 4 is 59.3 Å². The van der Waals surface area contributed by atoms with E-state index < -0.39 is 0 Å². The standard InChI is InChI=1S/C58H39NS/c1-5-15-40(16-6-1)41-29-33-48(34-30-41)59(49-35-31-42(32-36-49)47-28-27-46-23-13-24-50(54(46)39-47)43-17-7-2-8-18-43)55-38-37-51(44-19-9-3-10-20-44)56-53-26-14-25-52(57(53)60-58(55)56)45-21-11-4-12-22-45/h1-39H. The summed E-state index contributed by atoms with van der Waals surface area (Å²) in [5.74, 6) is 0. The minimum Gasteiger partial charge on any atom is -0.309 e. The van der Waals surface area contributed by atoms with Crippen molar-refractivity contribution in [2.24, 2.45) is 0 Å². The molecule has 0 saturated heterocycles. The Balaban J connectivity index is 1.10. The molecule has 0 amide bonds. The van der Waals surface area contributed by atoms with Crippen molar-refractivity contribution in [1.82, 2.24) is 0 Å². The third-order valence-corrected chi connectivity index (χ3v) is 13.0. The van der Waals surface area contributed by atoms with Crippen molar-refractivity contribution in [3.05, 3.63) is 237 Å². The lowest BCUT2D eigenvalue weighted by molar-refractivity contribution is 1.30. The Kier molecular flexibility index (Phi) is 9.11. The summed E-state index contributed by atoms with van der Waals surface area (Å²) in [4.78, 5) is 2.45. The number of nitrogens with zero attached hydrogens (tertiary/aromatic N) is 1. The lowest BCUT2D eigenvalue weighted by Gasteiger charge is -2.27. The fraction of sp³-hybridized carbons (Fsp3) is 0. The van der Waals surface area contributed by atoms with Gasteiger partial charge in [-0.2, -0.15) is 0 Å². The molecule has 0 N–H and O–H groups in total. The molecule has 0 fully saturated rings. The molecule has 0 spiro atoms. The molecule has 1 aromatic heterocycles. The highest BCUT2D eigenvalue weighted by Gasteiger charge is 2.22. The molecule has 1 nitrogen and oxygen atoms in total. The first kappa shape index (κ1) is 35.6. The fourth-order valence-electron chi connectivity index (χ4n) is 8.75. The molecule has 11 aromatic rings. The number of fused-ring (bicyclic) bond motifs is 4. The lowest BCUT2D eigenvalue weighted by Crippen LogP contribution is -2.10. The van der Waals surface area contributed by atoms with E-state index in [1.807, 2.05) is 11.3 Å². The summed E-state index contributed by atoms with van der Waals surface area (Å²) in [6, 6.07) is 86.0. The van der Waals surface area contributed by atoms with E-state index in [1.165, 1.54) is 86.6 Å². The predicted molar refractivity (Wildman–Crippen MR) is 259 cm³/mol. The van der Waals surface area contributed by atoms with Crippen molar-refractivity contribution in [3.8, 4) is 55.6 Å². The first-order chi connectivity index (χ1) is 29.8. The lowest BCUT2D eigenvalue weighted by atomic mass is 9.94. The van der Waals surface area contributed by atoms with Crippen LogP contribution >= 0.6 is 11.3 Å². The van der Waals surface area contributed by atoms with Crippen molar-refractivity contribution < 1.29 is 0 Å². The van der Waals surface area contributed by atoms with Gasteiger partial charge in [0.1, 0.15) is 0 Å². The number of anilines is 3. The zero-order valence-electron chi connectivity index (χ0n) is 32.9. The summed E-state index contributed by atoms with van der Waals surface area (Å²) < 4.78 is 2.55. The highest BCUT2D eigenvalue weighted by molar-refractivity contribution is 7.27. The number of rotatable bonds is 8. The average molecular weight is 782 g/mol. The smallest absolute Gasteiger partial charge is 0.0640 e. The summed E-state index contributed by atoms with van der Waals surface area (Å²) in [5.41, 5.74) is 15.6. The Labute approximate surface area is 354 Å². The summed E-state index contributed by atoms with van der Waals surface area (Å²) in [5, 5.41) is 5.05. The minimum absolute atomic E-state index is 1.10. The summed E-state index contributed by atoms with van der Waals surface area (Å²) >= 11 is 1.90. The second-order valence-electron chi connectivity index (χ2n) is 15.3. The fourth-order valence-corrected chi connectivity index (χ4v) is 10.1. The van der Waals surface area contributed by atoms with Gasteiger partial charge >= 0.3 is 0 Å². The molecule has 11 rings (SSSR count). The maximum absolute atomic E-state index is 2.45. The van der Waals surface area contributed by atoms with Gasteiger partial charge in [0.05, 0.1) is 10.4 Å². The van der Waals surface area contributed by atoms with Crippen molar-refractivity contribution in [2.45, 2.75) is 0 Å². The largest absolute Gasteiger partial charge is 0.309 e. The Morgan fingerprint density at radius 1 is 0.283 bits per heavy atom. The van der Waals surface area contributed by atoms with E-state index in [4.69, 9.17) is 0 Å². The summed E-state index contributed by atoms with van der Waals surface area (Å²) in [7, 11) is 0. The van der Waals surface area contributed by atoms with Gasteiger partial charge in [-0.1, -0.05) is 200 Å². The van der Waals surface area contributed by atoms with Crippen LogP contribution in [-0.2, 0) is 0 Å². The number of benzene rings is 10. The topological polar surface area (TPSA) is 3.24 Å². The van der Waals surface area contributed by atoms with Gasteiger partial charge in [-0.15, -0.1) is 11.3 Å². The maximum atomic E-state index is 2.45. The molecular formula is C58H39NS. The molecule has 60 heavy (non-hydrogen) atoms. The number of thiophene rings is 1. The SMILES string of the molecule is c1ccc(-c2ccc(N(c3ccc(-c4ccc5cccc(-c6ccccc6)c5c4)cc3)c3ccc(-c4ccccc4)c4c3sc3c(-c5ccccc5)cccc34)cc2)cc1. The molecule has 282 valence electrons. The van der Waals surface area contributed by atoms with Crippen LogP contribution in [0.3, 0.4) is 0 Å². The quantitative estimate of drug-likeness (QED) is 0.148. The second-order valence-corrected chi connectivity index (χ2v) is 16.3. The van der Waals surface area contributed by atoms with Gasteiger partial charge in [-0.05, 0) is 103 Å². The van der Waals surface area contributed by atoms with Gasteiger partial charge in [0.2, 0.25) is 0 Å². The van der Waals surface area contributed by atoms with Gasteiger partial charge in [-0.25, -0.2) is 0 Å². The van der Waals surface area contributed by atoms with Crippen molar-refractivity contribution in [1.29, 1.82) is 0 Å². The van der Waals surface area contributed by atoms with Gasteiger partial charge in [0.25, 0.3) is 0 Å². The van der Waals surface area contributed by atoms with E-state index in [1.54, 1.807) is 0 Å². The van der Waals surface area contributed by atoms with Crippen LogP contribution in [0.4, 0.5) is 17.1 Å². The van der Waals surface area contributed by atoms with Gasteiger partial charge in [0, 0.05) is 26.8 Å².